The Hall–Kier alpha value is -4.60. The molecule has 45 heavy (non-hydrogen) atoms. The number of aromatic nitrogens is 1. The summed E-state index contributed by atoms with van der Waals surface area (Å²) in [6.07, 6.45) is 0. The van der Waals surface area contributed by atoms with Crippen LogP contribution in [0.3, 0.4) is 0 Å². The van der Waals surface area contributed by atoms with Gasteiger partial charge in [0, 0.05) is 16.6 Å². The number of carbonyl (C=O) groups is 2. The highest BCUT2D eigenvalue weighted by Gasteiger charge is 2.30. The van der Waals surface area contributed by atoms with Crippen LogP contribution < -0.4 is 13.8 Å². The smallest absolute Gasteiger partial charge is 0.326 e. The zero-order valence-electron chi connectivity index (χ0n) is 25.1. The van der Waals surface area contributed by atoms with Crippen molar-refractivity contribution < 1.29 is 45.4 Å². The molecule has 1 heterocycles. The van der Waals surface area contributed by atoms with Crippen LogP contribution >= 0.6 is 0 Å². The topological polar surface area (TPSA) is 162 Å². The molecule has 13 nitrogen and oxygen atoms in total. The minimum atomic E-state index is -4.23. The number of benzene rings is 3. The number of anilines is 1. The SMILES string of the molecule is CCOC(=O)CN(c1ccc2[nH]c(CN(CC(=O)OC)S(=O)(=O)c3ccc(OC)cc3)cc2c1)S(=O)(=O)c1ccc(OC)cc1. The molecular weight excluding hydrogens is 626 g/mol. The van der Waals surface area contributed by atoms with Crippen LogP contribution in [0, 0.1) is 0 Å². The van der Waals surface area contributed by atoms with Gasteiger partial charge in [-0.2, -0.15) is 4.31 Å². The molecule has 0 saturated heterocycles. The fraction of sp³-hybridized carbons (Fsp3) is 0.267. The standard InChI is InChI=1S/C30H33N3O10S2/c1-5-43-30(35)20-33(45(38,39)27-13-9-25(41-3)10-14-27)23-6-15-28-21(17-23)16-22(31-28)18-32(19-29(34)42-4)44(36,37)26-11-7-24(40-2)8-12-26/h6-17,31H,5,18-20H2,1-4H3. The zero-order chi connectivity index (χ0) is 32.8. The van der Waals surface area contributed by atoms with Crippen LogP contribution in [0.5, 0.6) is 11.5 Å². The first-order chi connectivity index (χ1) is 21.4. The number of methoxy groups -OCH3 is 3. The summed E-state index contributed by atoms with van der Waals surface area (Å²) in [4.78, 5) is 27.7. The van der Waals surface area contributed by atoms with Crippen LogP contribution in [0.15, 0.2) is 82.6 Å². The number of rotatable bonds is 14. The van der Waals surface area contributed by atoms with Crippen molar-refractivity contribution in [3.8, 4) is 11.5 Å². The van der Waals surface area contributed by atoms with Gasteiger partial charge in [-0.1, -0.05) is 0 Å². The largest absolute Gasteiger partial charge is 0.497 e. The predicted octanol–water partition coefficient (Wildman–Crippen LogP) is 3.31. The van der Waals surface area contributed by atoms with Crippen molar-refractivity contribution in [2.24, 2.45) is 0 Å². The van der Waals surface area contributed by atoms with Gasteiger partial charge in [0.05, 0.1) is 50.0 Å². The van der Waals surface area contributed by atoms with Crippen molar-refractivity contribution in [1.82, 2.24) is 9.29 Å². The van der Waals surface area contributed by atoms with Crippen LogP contribution in [-0.4, -0.2) is 79.1 Å². The maximum atomic E-state index is 13.7. The monoisotopic (exact) mass is 659 g/mol. The Morgan fingerprint density at radius 2 is 1.31 bits per heavy atom. The molecule has 0 saturated carbocycles. The molecular formula is C30H33N3O10S2. The molecule has 0 aliphatic rings. The van der Waals surface area contributed by atoms with Crippen molar-refractivity contribution in [3.05, 3.63) is 78.5 Å². The molecule has 0 amide bonds. The number of sulfonamides is 2. The summed E-state index contributed by atoms with van der Waals surface area (Å²) in [5.74, 6) is -0.580. The van der Waals surface area contributed by atoms with Gasteiger partial charge in [-0.3, -0.25) is 13.9 Å². The van der Waals surface area contributed by atoms with Gasteiger partial charge in [-0.05, 0) is 79.7 Å². The Labute approximate surface area is 261 Å². The highest BCUT2D eigenvalue weighted by molar-refractivity contribution is 7.92. The maximum Gasteiger partial charge on any atom is 0.326 e. The normalized spacial score (nSPS) is 11.8. The van der Waals surface area contributed by atoms with Crippen molar-refractivity contribution in [2.45, 2.75) is 23.3 Å². The lowest BCUT2D eigenvalue weighted by Gasteiger charge is -2.24. The van der Waals surface area contributed by atoms with Crippen molar-refractivity contribution in [1.29, 1.82) is 0 Å². The summed E-state index contributed by atoms with van der Waals surface area (Å²) < 4.78 is 76.4. The van der Waals surface area contributed by atoms with Crippen LogP contribution in [-0.2, 0) is 45.7 Å². The predicted molar refractivity (Wildman–Crippen MR) is 165 cm³/mol. The van der Waals surface area contributed by atoms with E-state index >= 15 is 0 Å². The van der Waals surface area contributed by atoms with Gasteiger partial charge >= 0.3 is 11.9 Å². The highest BCUT2D eigenvalue weighted by Crippen LogP contribution is 2.30. The first-order valence-corrected chi connectivity index (χ1v) is 16.5. The number of esters is 2. The molecule has 0 fully saturated rings. The van der Waals surface area contributed by atoms with E-state index in [0.717, 1.165) is 15.7 Å². The highest BCUT2D eigenvalue weighted by atomic mass is 32.2. The molecule has 4 aromatic rings. The Bertz CT molecular complexity index is 1870. The molecule has 3 aromatic carbocycles. The van der Waals surface area contributed by atoms with Crippen LogP contribution in [0.25, 0.3) is 10.9 Å². The Balaban J connectivity index is 1.71. The van der Waals surface area contributed by atoms with Gasteiger partial charge in [0.1, 0.15) is 24.6 Å². The van der Waals surface area contributed by atoms with Crippen molar-refractivity contribution in [2.75, 3.05) is 45.3 Å². The Morgan fingerprint density at radius 3 is 1.84 bits per heavy atom. The van der Waals surface area contributed by atoms with Gasteiger partial charge in [-0.15, -0.1) is 0 Å². The van der Waals surface area contributed by atoms with Crippen molar-refractivity contribution >= 4 is 48.6 Å². The Morgan fingerprint density at radius 1 is 0.733 bits per heavy atom. The maximum absolute atomic E-state index is 13.7. The molecule has 4 rings (SSSR count). The van der Waals surface area contributed by atoms with E-state index in [-0.39, 0.29) is 28.6 Å². The van der Waals surface area contributed by atoms with Crippen molar-refractivity contribution in [3.63, 3.8) is 0 Å². The molecule has 15 heteroatoms. The average molecular weight is 660 g/mol. The van der Waals surface area contributed by atoms with Gasteiger partial charge in [0.2, 0.25) is 10.0 Å². The number of hydrogen-bond acceptors (Lipinski definition) is 10. The molecule has 240 valence electrons. The lowest BCUT2D eigenvalue weighted by atomic mass is 10.2. The van der Waals surface area contributed by atoms with E-state index < -0.39 is 45.1 Å². The van der Waals surface area contributed by atoms with E-state index in [1.54, 1.807) is 25.1 Å². The molecule has 0 bridgehead atoms. The fourth-order valence-corrected chi connectivity index (χ4v) is 7.22. The second-order valence-corrected chi connectivity index (χ2v) is 13.4. The number of H-pyrrole nitrogens is 1. The number of hydrogen-bond donors (Lipinski definition) is 1. The van der Waals surface area contributed by atoms with Gasteiger partial charge in [0.15, 0.2) is 0 Å². The lowest BCUT2D eigenvalue weighted by molar-refractivity contribution is -0.141. The van der Waals surface area contributed by atoms with E-state index in [0.29, 0.717) is 28.1 Å². The van der Waals surface area contributed by atoms with Gasteiger partial charge in [-0.25, -0.2) is 16.8 Å². The van der Waals surface area contributed by atoms with Crippen LogP contribution in [0.1, 0.15) is 12.6 Å². The molecule has 0 atom stereocenters. The lowest BCUT2D eigenvalue weighted by Crippen LogP contribution is -2.36. The number of nitrogens with zero attached hydrogens (tertiary/aromatic N) is 2. The van der Waals surface area contributed by atoms with Crippen LogP contribution in [0.4, 0.5) is 5.69 Å². The summed E-state index contributed by atoms with van der Waals surface area (Å²) in [7, 11) is -4.30. The second-order valence-electron chi connectivity index (χ2n) is 9.58. The molecule has 0 radical (unpaired) electrons. The van der Waals surface area contributed by atoms with E-state index in [1.165, 1.54) is 68.8 Å². The van der Waals surface area contributed by atoms with E-state index in [2.05, 4.69) is 4.98 Å². The Kier molecular flexibility index (Phi) is 10.4. The van der Waals surface area contributed by atoms with Gasteiger partial charge < -0.3 is 23.9 Å². The quantitative estimate of drug-likeness (QED) is 0.199. The summed E-state index contributed by atoms with van der Waals surface area (Å²) in [5, 5.41) is 0.529. The van der Waals surface area contributed by atoms with E-state index in [9.17, 15) is 26.4 Å². The minimum Gasteiger partial charge on any atom is -0.497 e. The third-order valence-corrected chi connectivity index (χ3v) is 10.3. The molecule has 0 spiro atoms. The van der Waals surface area contributed by atoms with Crippen LogP contribution in [0.2, 0.25) is 0 Å². The molecule has 0 aliphatic heterocycles. The average Bonchev–Trinajstić information content (AvgIpc) is 3.45. The summed E-state index contributed by atoms with van der Waals surface area (Å²) >= 11 is 0. The fourth-order valence-electron chi connectivity index (χ4n) is 4.46. The van der Waals surface area contributed by atoms with E-state index in [4.69, 9.17) is 18.9 Å². The molecule has 1 N–H and O–H groups in total. The minimum absolute atomic E-state index is 0.0519. The third-order valence-electron chi connectivity index (χ3n) is 6.75. The third kappa shape index (κ3) is 7.56. The number of ether oxygens (including phenoxy) is 4. The van der Waals surface area contributed by atoms with E-state index in [1.807, 2.05) is 0 Å². The second kappa shape index (κ2) is 14.0. The number of carbonyl (C=O) groups excluding carboxylic acids is 2. The number of nitrogens with one attached hydrogen (secondary N) is 1. The summed E-state index contributed by atoms with van der Waals surface area (Å²) in [6.45, 7) is 0.309. The first-order valence-electron chi connectivity index (χ1n) is 13.6. The summed E-state index contributed by atoms with van der Waals surface area (Å²) in [6, 6.07) is 17.8. The number of aromatic amines is 1. The molecule has 0 unspecified atom stereocenters. The molecule has 1 aromatic heterocycles. The molecule has 0 aliphatic carbocycles. The first kappa shape index (κ1) is 33.3. The summed E-state index contributed by atoms with van der Waals surface area (Å²) in [5.41, 5.74) is 1.15. The zero-order valence-corrected chi connectivity index (χ0v) is 26.7. The number of fused-ring (bicyclic) bond motifs is 1. The van der Waals surface area contributed by atoms with Gasteiger partial charge in [0.25, 0.3) is 10.0 Å².